The molecule has 0 radical (unpaired) electrons. The molecular weight excluding hydrogens is 397 g/mol. The van der Waals surface area contributed by atoms with Gasteiger partial charge in [0.2, 0.25) is 0 Å². The van der Waals surface area contributed by atoms with E-state index in [1.165, 1.54) is 18.3 Å². The molecule has 3 aromatic carbocycles. The lowest BCUT2D eigenvalue weighted by Gasteiger charge is -2.10. The summed E-state index contributed by atoms with van der Waals surface area (Å²) < 4.78 is 18.8. The van der Waals surface area contributed by atoms with E-state index in [2.05, 4.69) is 15.8 Å². The number of halogens is 1. The normalized spacial score (nSPS) is 10.7. The number of rotatable bonds is 6. The second-order valence-corrected chi connectivity index (χ2v) is 6.91. The SMILES string of the molecule is Cc1cccc(C)c1NC(=O)C(=O)N/N=C/c1ccc(OCc2cccc(F)c2)cc1. The molecule has 0 unspecified atom stereocenters. The Hall–Kier alpha value is -4.00. The predicted octanol–water partition coefficient (Wildman–Crippen LogP) is 4.11. The number of ether oxygens (including phenoxy) is 1. The van der Waals surface area contributed by atoms with Crippen molar-refractivity contribution in [2.75, 3.05) is 5.32 Å². The summed E-state index contributed by atoms with van der Waals surface area (Å²) in [6.07, 6.45) is 1.42. The highest BCUT2D eigenvalue weighted by atomic mass is 19.1. The first-order valence-electron chi connectivity index (χ1n) is 9.60. The number of nitrogens with one attached hydrogen (secondary N) is 2. The van der Waals surface area contributed by atoms with E-state index in [4.69, 9.17) is 4.74 Å². The monoisotopic (exact) mass is 419 g/mol. The van der Waals surface area contributed by atoms with Crippen molar-refractivity contribution < 1.29 is 18.7 Å². The molecule has 7 heteroatoms. The van der Waals surface area contributed by atoms with Gasteiger partial charge in [-0.25, -0.2) is 9.82 Å². The van der Waals surface area contributed by atoms with Gasteiger partial charge in [0.1, 0.15) is 18.2 Å². The highest BCUT2D eigenvalue weighted by Gasteiger charge is 2.15. The van der Waals surface area contributed by atoms with E-state index in [1.807, 2.05) is 32.0 Å². The summed E-state index contributed by atoms with van der Waals surface area (Å²) in [5, 5.41) is 6.41. The topological polar surface area (TPSA) is 79.8 Å². The molecule has 0 heterocycles. The molecule has 3 rings (SSSR count). The Morgan fingerprint density at radius 3 is 2.32 bits per heavy atom. The van der Waals surface area contributed by atoms with Gasteiger partial charge in [0.05, 0.1) is 6.21 Å². The number of benzene rings is 3. The molecule has 0 bridgehead atoms. The van der Waals surface area contributed by atoms with Gasteiger partial charge in [-0.2, -0.15) is 5.10 Å². The highest BCUT2D eigenvalue weighted by Crippen LogP contribution is 2.19. The zero-order chi connectivity index (χ0) is 22.2. The van der Waals surface area contributed by atoms with Crippen molar-refractivity contribution in [2.24, 2.45) is 5.10 Å². The first-order valence-corrected chi connectivity index (χ1v) is 9.60. The average molecular weight is 419 g/mol. The number of nitrogens with zero attached hydrogens (tertiary/aromatic N) is 1. The summed E-state index contributed by atoms with van der Waals surface area (Å²) in [5.41, 5.74) is 5.98. The van der Waals surface area contributed by atoms with Gasteiger partial charge in [0.15, 0.2) is 0 Å². The maximum atomic E-state index is 13.2. The van der Waals surface area contributed by atoms with Crippen molar-refractivity contribution in [1.29, 1.82) is 0 Å². The van der Waals surface area contributed by atoms with E-state index in [1.54, 1.807) is 36.4 Å². The van der Waals surface area contributed by atoms with Crippen LogP contribution in [0, 0.1) is 19.7 Å². The average Bonchev–Trinajstić information content (AvgIpc) is 2.75. The first kappa shape index (κ1) is 21.7. The van der Waals surface area contributed by atoms with E-state index in [9.17, 15) is 14.0 Å². The number of para-hydroxylation sites is 1. The third-order valence-electron chi connectivity index (χ3n) is 4.48. The Balaban J connectivity index is 1.50. The van der Waals surface area contributed by atoms with Crippen molar-refractivity contribution in [3.8, 4) is 5.75 Å². The van der Waals surface area contributed by atoms with Crippen LogP contribution in [0.25, 0.3) is 0 Å². The zero-order valence-corrected chi connectivity index (χ0v) is 17.2. The Morgan fingerprint density at radius 1 is 0.968 bits per heavy atom. The minimum Gasteiger partial charge on any atom is -0.489 e. The number of anilines is 1. The van der Waals surface area contributed by atoms with Crippen LogP contribution >= 0.6 is 0 Å². The number of hydrazone groups is 1. The van der Waals surface area contributed by atoms with Crippen LogP contribution in [0.4, 0.5) is 10.1 Å². The molecule has 0 atom stereocenters. The largest absolute Gasteiger partial charge is 0.489 e. The number of amides is 2. The van der Waals surface area contributed by atoms with Crippen molar-refractivity contribution in [3.63, 3.8) is 0 Å². The Bertz CT molecular complexity index is 1090. The molecule has 0 saturated carbocycles. The summed E-state index contributed by atoms with van der Waals surface area (Å²) in [4.78, 5) is 24.1. The third-order valence-corrected chi connectivity index (χ3v) is 4.48. The molecule has 0 fully saturated rings. The number of carbonyl (C=O) groups is 2. The highest BCUT2D eigenvalue weighted by molar-refractivity contribution is 6.39. The second-order valence-electron chi connectivity index (χ2n) is 6.91. The molecule has 0 saturated heterocycles. The van der Waals surface area contributed by atoms with Gasteiger partial charge < -0.3 is 10.1 Å². The standard InChI is InChI=1S/C24H22FN3O3/c1-16-5-3-6-17(2)22(16)27-23(29)24(30)28-26-14-18-9-11-21(12-10-18)31-15-19-7-4-8-20(25)13-19/h3-14H,15H2,1-2H3,(H,27,29)(H,28,30)/b26-14+. The fraction of sp³-hybridized carbons (Fsp3) is 0.125. The quantitative estimate of drug-likeness (QED) is 0.359. The lowest BCUT2D eigenvalue weighted by Crippen LogP contribution is -2.32. The Morgan fingerprint density at radius 2 is 1.65 bits per heavy atom. The van der Waals surface area contributed by atoms with Crippen molar-refractivity contribution in [3.05, 3.63) is 94.8 Å². The van der Waals surface area contributed by atoms with E-state index in [-0.39, 0.29) is 12.4 Å². The minimum atomic E-state index is -0.867. The number of carbonyl (C=O) groups excluding carboxylic acids is 2. The molecular formula is C24H22FN3O3. The van der Waals surface area contributed by atoms with Gasteiger partial charge >= 0.3 is 11.8 Å². The number of hydrogen-bond donors (Lipinski definition) is 2. The van der Waals surface area contributed by atoms with Crippen LogP contribution in [-0.4, -0.2) is 18.0 Å². The van der Waals surface area contributed by atoms with Crippen molar-refractivity contribution >= 4 is 23.7 Å². The minimum absolute atomic E-state index is 0.247. The van der Waals surface area contributed by atoms with E-state index in [0.717, 1.165) is 16.7 Å². The molecule has 3 aromatic rings. The lowest BCUT2D eigenvalue weighted by molar-refractivity contribution is -0.136. The molecule has 31 heavy (non-hydrogen) atoms. The molecule has 0 aliphatic heterocycles. The maximum absolute atomic E-state index is 13.2. The zero-order valence-electron chi connectivity index (χ0n) is 17.2. The molecule has 2 N–H and O–H groups in total. The molecule has 2 amide bonds. The first-order chi connectivity index (χ1) is 14.9. The Labute approximate surface area is 179 Å². The summed E-state index contributed by atoms with van der Waals surface area (Å²) in [6, 6.07) is 18.7. The molecule has 158 valence electrons. The molecule has 0 aliphatic carbocycles. The summed E-state index contributed by atoms with van der Waals surface area (Å²) in [5.74, 6) is -1.36. The van der Waals surface area contributed by atoms with Gasteiger partial charge in [0, 0.05) is 5.69 Å². The number of aryl methyl sites for hydroxylation is 2. The van der Waals surface area contributed by atoms with Gasteiger partial charge in [0.25, 0.3) is 0 Å². The fourth-order valence-corrected chi connectivity index (χ4v) is 2.84. The summed E-state index contributed by atoms with van der Waals surface area (Å²) in [6.45, 7) is 3.95. The maximum Gasteiger partial charge on any atom is 0.329 e. The summed E-state index contributed by atoms with van der Waals surface area (Å²) in [7, 11) is 0. The van der Waals surface area contributed by atoms with Crippen LogP contribution in [0.2, 0.25) is 0 Å². The van der Waals surface area contributed by atoms with Crippen LogP contribution < -0.4 is 15.5 Å². The number of hydrogen-bond acceptors (Lipinski definition) is 4. The van der Waals surface area contributed by atoms with Crippen LogP contribution in [0.1, 0.15) is 22.3 Å². The molecule has 6 nitrogen and oxygen atoms in total. The van der Waals surface area contributed by atoms with Crippen LogP contribution in [0.5, 0.6) is 5.75 Å². The molecule has 0 aliphatic rings. The van der Waals surface area contributed by atoms with E-state index >= 15 is 0 Å². The van der Waals surface area contributed by atoms with Crippen LogP contribution in [-0.2, 0) is 16.2 Å². The van der Waals surface area contributed by atoms with Gasteiger partial charge in [-0.15, -0.1) is 0 Å². The summed E-state index contributed by atoms with van der Waals surface area (Å²) >= 11 is 0. The van der Waals surface area contributed by atoms with Gasteiger partial charge in [-0.05, 0) is 72.5 Å². The second kappa shape index (κ2) is 10.2. The van der Waals surface area contributed by atoms with Gasteiger partial charge in [-0.3, -0.25) is 9.59 Å². The van der Waals surface area contributed by atoms with Crippen LogP contribution in [0.3, 0.4) is 0 Å². The fourth-order valence-electron chi connectivity index (χ4n) is 2.84. The predicted molar refractivity (Wildman–Crippen MR) is 117 cm³/mol. The van der Waals surface area contributed by atoms with Gasteiger partial charge in [-0.1, -0.05) is 30.3 Å². The van der Waals surface area contributed by atoms with E-state index in [0.29, 0.717) is 17.0 Å². The van der Waals surface area contributed by atoms with Crippen LogP contribution in [0.15, 0.2) is 71.8 Å². The molecule has 0 aromatic heterocycles. The van der Waals surface area contributed by atoms with E-state index < -0.39 is 11.8 Å². The smallest absolute Gasteiger partial charge is 0.329 e. The van der Waals surface area contributed by atoms with Crippen molar-refractivity contribution in [2.45, 2.75) is 20.5 Å². The molecule has 0 spiro atoms. The lowest BCUT2D eigenvalue weighted by atomic mass is 10.1. The Kier molecular flexibility index (Phi) is 7.11. The third kappa shape index (κ3) is 6.24. The van der Waals surface area contributed by atoms with Crippen molar-refractivity contribution in [1.82, 2.24) is 5.43 Å².